The molecule has 0 unspecified atom stereocenters. The highest BCUT2D eigenvalue weighted by atomic mass is 35.5. The second kappa shape index (κ2) is 8.16. The summed E-state index contributed by atoms with van der Waals surface area (Å²) in [7, 11) is -3.71. The Morgan fingerprint density at radius 2 is 1.79 bits per heavy atom. The summed E-state index contributed by atoms with van der Waals surface area (Å²) < 4.78 is 25.8. The molecule has 1 aliphatic rings. The van der Waals surface area contributed by atoms with Crippen LogP contribution >= 0.6 is 46.3 Å². The van der Waals surface area contributed by atoms with Crippen LogP contribution in [0.15, 0.2) is 68.6 Å². The molecule has 0 saturated heterocycles. The quantitative estimate of drug-likeness (QED) is 0.456. The van der Waals surface area contributed by atoms with Gasteiger partial charge in [-0.05, 0) is 47.9 Å². The van der Waals surface area contributed by atoms with Crippen LogP contribution in [0.2, 0.25) is 10.0 Å². The highest BCUT2D eigenvalue weighted by Crippen LogP contribution is 2.40. The summed E-state index contributed by atoms with van der Waals surface area (Å²) in [5.41, 5.74) is 0.822. The summed E-state index contributed by atoms with van der Waals surface area (Å²) in [6.07, 6.45) is 1.82. The largest absolute Gasteiger partial charge is 0.320 e. The first kappa shape index (κ1) is 20.5. The fourth-order valence-electron chi connectivity index (χ4n) is 2.78. The van der Waals surface area contributed by atoms with Crippen molar-refractivity contribution in [3.63, 3.8) is 0 Å². The zero-order valence-electron chi connectivity index (χ0n) is 14.7. The molecule has 29 heavy (non-hydrogen) atoms. The molecule has 1 aromatic heterocycles. The number of nitrogens with one attached hydrogen (secondary N) is 1. The van der Waals surface area contributed by atoms with Crippen molar-refractivity contribution in [3.05, 3.63) is 79.3 Å². The van der Waals surface area contributed by atoms with Crippen LogP contribution in [0.5, 0.6) is 0 Å². The molecule has 0 aliphatic carbocycles. The van der Waals surface area contributed by atoms with E-state index in [1.165, 1.54) is 35.2 Å². The Hall–Kier alpha value is -1.77. The number of thiophene rings is 1. The zero-order valence-corrected chi connectivity index (χ0v) is 18.6. The maximum atomic E-state index is 12.9. The Balaban J connectivity index is 1.64. The maximum Gasteiger partial charge on any atom is 0.262 e. The predicted molar refractivity (Wildman–Crippen MR) is 121 cm³/mol. The fourth-order valence-corrected chi connectivity index (χ4v) is 6.55. The minimum atomic E-state index is -3.71. The molecule has 0 atom stereocenters. The van der Waals surface area contributed by atoms with Gasteiger partial charge in [-0.25, -0.2) is 8.42 Å². The standard InChI is InChI=1S/C20H13Cl2NO3S3/c21-15-4-1-5-16(22)14(15)11-29(25,26)13-6-7-18-17(10-13)23-20(24)19(28-18)9-12-3-2-8-27-12/h1-10H,11H2,(H,23,24)/b19-9+. The number of hydrogen-bond donors (Lipinski definition) is 1. The van der Waals surface area contributed by atoms with Crippen molar-refractivity contribution in [1.29, 1.82) is 0 Å². The van der Waals surface area contributed by atoms with Gasteiger partial charge >= 0.3 is 0 Å². The first-order valence-corrected chi connectivity index (χ1v) is 12.5. The molecule has 1 aliphatic heterocycles. The van der Waals surface area contributed by atoms with E-state index in [1.807, 2.05) is 23.6 Å². The van der Waals surface area contributed by atoms with Crippen LogP contribution < -0.4 is 5.32 Å². The van der Waals surface area contributed by atoms with Gasteiger partial charge in [-0.15, -0.1) is 11.3 Å². The van der Waals surface area contributed by atoms with Gasteiger partial charge in [0, 0.05) is 25.4 Å². The lowest BCUT2D eigenvalue weighted by atomic mass is 10.2. The third-order valence-corrected chi connectivity index (χ3v) is 8.48. The van der Waals surface area contributed by atoms with Gasteiger partial charge in [-0.2, -0.15) is 0 Å². The molecular weight excluding hydrogens is 469 g/mol. The number of thioether (sulfide) groups is 1. The Kier molecular flexibility index (Phi) is 5.77. The van der Waals surface area contributed by atoms with E-state index >= 15 is 0 Å². The number of sulfone groups is 1. The predicted octanol–water partition coefficient (Wildman–Crippen LogP) is 6.11. The molecule has 2 heterocycles. The first-order chi connectivity index (χ1) is 13.8. The van der Waals surface area contributed by atoms with Crippen LogP contribution in [-0.4, -0.2) is 14.3 Å². The number of carbonyl (C=O) groups excluding carboxylic acids is 1. The van der Waals surface area contributed by atoms with Crippen LogP contribution in [-0.2, 0) is 20.4 Å². The van der Waals surface area contributed by atoms with Crippen molar-refractivity contribution in [1.82, 2.24) is 0 Å². The van der Waals surface area contributed by atoms with Crippen molar-refractivity contribution in [3.8, 4) is 0 Å². The molecule has 9 heteroatoms. The van der Waals surface area contributed by atoms with E-state index in [2.05, 4.69) is 5.32 Å². The van der Waals surface area contributed by atoms with Gasteiger partial charge in [-0.1, -0.05) is 47.1 Å². The molecule has 2 aromatic carbocycles. The van der Waals surface area contributed by atoms with Crippen molar-refractivity contribution >= 4 is 73.8 Å². The van der Waals surface area contributed by atoms with Crippen LogP contribution in [0.25, 0.3) is 6.08 Å². The monoisotopic (exact) mass is 481 g/mol. The molecular formula is C20H13Cl2NO3S3. The van der Waals surface area contributed by atoms with E-state index in [-0.39, 0.29) is 16.6 Å². The first-order valence-electron chi connectivity index (χ1n) is 8.37. The lowest BCUT2D eigenvalue weighted by Crippen LogP contribution is -2.18. The fraction of sp³-hybridized carbons (Fsp3) is 0.0500. The molecule has 0 fully saturated rings. The molecule has 0 bridgehead atoms. The van der Waals surface area contributed by atoms with Gasteiger partial charge in [0.15, 0.2) is 9.84 Å². The Morgan fingerprint density at radius 3 is 2.48 bits per heavy atom. The smallest absolute Gasteiger partial charge is 0.262 e. The summed E-state index contributed by atoms with van der Waals surface area (Å²) in [6, 6.07) is 13.4. The van der Waals surface area contributed by atoms with Gasteiger partial charge in [0.05, 0.1) is 21.2 Å². The lowest BCUT2D eigenvalue weighted by molar-refractivity contribution is -0.112. The number of fused-ring (bicyclic) bond motifs is 1. The molecule has 1 N–H and O–H groups in total. The summed E-state index contributed by atoms with van der Waals surface area (Å²) >= 11 is 15.1. The summed E-state index contributed by atoms with van der Waals surface area (Å²) in [5, 5.41) is 5.32. The molecule has 3 aromatic rings. The van der Waals surface area contributed by atoms with Gasteiger partial charge in [0.1, 0.15) is 0 Å². The second-order valence-electron chi connectivity index (χ2n) is 6.20. The SMILES string of the molecule is O=C1Nc2cc(S(=O)(=O)Cc3c(Cl)cccc3Cl)ccc2S/C1=C/c1cccs1. The number of rotatable bonds is 4. The van der Waals surface area contributed by atoms with E-state index in [9.17, 15) is 13.2 Å². The Morgan fingerprint density at radius 1 is 1.03 bits per heavy atom. The minimum Gasteiger partial charge on any atom is -0.320 e. The van der Waals surface area contributed by atoms with Gasteiger partial charge in [0.25, 0.3) is 5.91 Å². The van der Waals surface area contributed by atoms with Gasteiger partial charge in [-0.3, -0.25) is 4.79 Å². The number of amides is 1. The second-order valence-corrected chi connectivity index (χ2v) is 11.1. The normalized spacial score (nSPS) is 15.2. The number of carbonyl (C=O) groups is 1. The summed E-state index contributed by atoms with van der Waals surface area (Å²) in [4.78, 5) is 14.8. The average Bonchev–Trinajstić information content (AvgIpc) is 3.18. The third kappa shape index (κ3) is 4.39. The molecule has 0 saturated carbocycles. The van der Waals surface area contributed by atoms with Crippen LogP contribution in [0.4, 0.5) is 5.69 Å². The van der Waals surface area contributed by atoms with Crippen molar-refractivity contribution < 1.29 is 13.2 Å². The van der Waals surface area contributed by atoms with E-state index < -0.39 is 9.84 Å². The minimum absolute atomic E-state index is 0.0961. The number of halogens is 2. The molecule has 4 nitrogen and oxygen atoms in total. The van der Waals surface area contributed by atoms with Crippen LogP contribution in [0.3, 0.4) is 0 Å². The van der Waals surface area contributed by atoms with Crippen LogP contribution in [0, 0.1) is 0 Å². The number of hydrogen-bond acceptors (Lipinski definition) is 5. The van der Waals surface area contributed by atoms with Gasteiger partial charge < -0.3 is 5.32 Å². The zero-order chi connectivity index (χ0) is 20.6. The van der Waals surface area contributed by atoms with Crippen molar-refractivity contribution in [2.24, 2.45) is 0 Å². The molecule has 0 radical (unpaired) electrons. The Bertz CT molecular complexity index is 1220. The highest BCUT2D eigenvalue weighted by Gasteiger charge is 2.25. The average molecular weight is 482 g/mol. The third-order valence-electron chi connectivity index (χ3n) is 4.21. The summed E-state index contributed by atoms with van der Waals surface area (Å²) in [5.74, 6) is -0.589. The Labute approximate surface area is 186 Å². The van der Waals surface area contributed by atoms with E-state index in [0.717, 1.165) is 9.77 Å². The molecule has 1 amide bonds. The summed E-state index contributed by atoms with van der Waals surface area (Å²) in [6.45, 7) is 0. The van der Waals surface area contributed by atoms with E-state index in [1.54, 1.807) is 24.3 Å². The highest BCUT2D eigenvalue weighted by molar-refractivity contribution is 8.04. The van der Waals surface area contributed by atoms with Crippen molar-refractivity contribution in [2.45, 2.75) is 15.5 Å². The van der Waals surface area contributed by atoms with Gasteiger partial charge in [0.2, 0.25) is 0 Å². The van der Waals surface area contributed by atoms with Crippen LogP contribution in [0.1, 0.15) is 10.4 Å². The molecule has 0 spiro atoms. The van der Waals surface area contributed by atoms with E-state index in [4.69, 9.17) is 23.2 Å². The topological polar surface area (TPSA) is 63.2 Å². The number of anilines is 1. The van der Waals surface area contributed by atoms with E-state index in [0.29, 0.717) is 26.2 Å². The lowest BCUT2D eigenvalue weighted by Gasteiger charge is -2.19. The number of benzene rings is 2. The van der Waals surface area contributed by atoms with Crippen molar-refractivity contribution in [2.75, 3.05) is 5.32 Å². The molecule has 148 valence electrons. The molecule has 4 rings (SSSR count). The maximum absolute atomic E-state index is 12.9.